The van der Waals surface area contributed by atoms with E-state index in [0.717, 1.165) is 0 Å². The fourth-order valence-electron chi connectivity index (χ4n) is 2.00. The number of para-hydroxylation sites is 1. The Morgan fingerprint density at radius 2 is 1.83 bits per heavy atom. The topological polar surface area (TPSA) is 75.3 Å². The van der Waals surface area contributed by atoms with Crippen molar-refractivity contribution in [3.63, 3.8) is 0 Å². The summed E-state index contributed by atoms with van der Waals surface area (Å²) >= 11 is 5.85. The first-order valence-electron chi connectivity index (χ1n) is 7.45. The molecule has 5 nitrogen and oxygen atoms in total. The third-order valence-corrected chi connectivity index (χ3v) is 4.79. The van der Waals surface area contributed by atoms with Gasteiger partial charge in [-0.25, -0.2) is 8.42 Å². The predicted molar refractivity (Wildman–Crippen MR) is 95.9 cm³/mol. The van der Waals surface area contributed by atoms with Gasteiger partial charge in [-0.2, -0.15) is 0 Å². The molecule has 0 aliphatic carbocycles. The molecule has 0 aromatic heterocycles. The Bertz CT molecular complexity index is 835. The number of carbonyl (C=O) groups excluding carboxylic acids is 1. The third kappa shape index (κ3) is 4.72. The number of amides is 1. The molecule has 0 aliphatic rings. The number of hydrogen-bond acceptors (Lipinski definition) is 3. The van der Waals surface area contributed by atoms with Crippen LogP contribution in [0.1, 0.15) is 24.2 Å². The van der Waals surface area contributed by atoms with Crippen LogP contribution in [-0.2, 0) is 10.0 Å². The van der Waals surface area contributed by atoms with Gasteiger partial charge in [-0.15, -0.1) is 0 Å². The highest BCUT2D eigenvalue weighted by Crippen LogP contribution is 2.22. The summed E-state index contributed by atoms with van der Waals surface area (Å²) in [6, 6.07) is 12.4. The molecule has 0 bridgehead atoms. The Labute approximate surface area is 147 Å². The second kappa shape index (κ2) is 7.68. The Morgan fingerprint density at radius 1 is 1.12 bits per heavy atom. The van der Waals surface area contributed by atoms with Gasteiger partial charge in [0, 0.05) is 11.6 Å². The molecule has 0 spiro atoms. The molecule has 7 heteroatoms. The molecule has 2 N–H and O–H groups in total. The molecule has 0 radical (unpaired) electrons. The molecule has 0 aliphatic heterocycles. The average Bonchev–Trinajstić information content (AvgIpc) is 2.53. The van der Waals surface area contributed by atoms with Gasteiger partial charge in [0.05, 0.1) is 16.1 Å². The van der Waals surface area contributed by atoms with Crippen LogP contribution in [0.2, 0.25) is 5.02 Å². The Balaban J connectivity index is 2.28. The standard InChI is InChI=1S/C17H19ClN2O3S/c1-12(2)11-19-17(21)15-8-3-4-9-16(15)20-24(22,23)14-7-5-6-13(18)10-14/h3-10,12,20H,11H2,1-2H3,(H,19,21). The van der Waals surface area contributed by atoms with E-state index in [2.05, 4.69) is 10.0 Å². The smallest absolute Gasteiger partial charge is 0.261 e. The first kappa shape index (κ1) is 18.3. The van der Waals surface area contributed by atoms with Gasteiger partial charge >= 0.3 is 0 Å². The van der Waals surface area contributed by atoms with E-state index in [9.17, 15) is 13.2 Å². The zero-order chi connectivity index (χ0) is 17.7. The Hall–Kier alpha value is -2.05. The van der Waals surface area contributed by atoms with Crippen LogP contribution in [0.3, 0.4) is 0 Å². The first-order valence-corrected chi connectivity index (χ1v) is 9.31. The number of benzene rings is 2. The second-order valence-electron chi connectivity index (χ2n) is 5.71. The maximum Gasteiger partial charge on any atom is 0.261 e. The van der Waals surface area contributed by atoms with E-state index in [1.165, 1.54) is 12.1 Å². The summed E-state index contributed by atoms with van der Waals surface area (Å²) in [6.07, 6.45) is 0. The molecule has 1 amide bonds. The van der Waals surface area contributed by atoms with Crippen LogP contribution in [-0.4, -0.2) is 20.9 Å². The maximum absolute atomic E-state index is 12.5. The zero-order valence-corrected chi connectivity index (χ0v) is 15.0. The van der Waals surface area contributed by atoms with Crippen LogP contribution in [0.25, 0.3) is 0 Å². The number of carbonyl (C=O) groups is 1. The van der Waals surface area contributed by atoms with Crippen molar-refractivity contribution in [2.24, 2.45) is 5.92 Å². The van der Waals surface area contributed by atoms with Crippen molar-refractivity contribution in [1.82, 2.24) is 5.32 Å². The zero-order valence-electron chi connectivity index (χ0n) is 13.4. The molecule has 128 valence electrons. The lowest BCUT2D eigenvalue weighted by atomic mass is 10.1. The molecular formula is C17H19ClN2O3S. The molecule has 2 rings (SSSR count). The number of anilines is 1. The summed E-state index contributed by atoms with van der Waals surface area (Å²) in [7, 11) is -3.84. The molecule has 0 atom stereocenters. The normalized spacial score (nSPS) is 11.3. The lowest BCUT2D eigenvalue weighted by Gasteiger charge is -2.13. The maximum atomic E-state index is 12.5. The molecule has 0 saturated carbocycles. The number of halogens is 1. The van der Waals surface area contributed by atoms with E-state index in [0.29, 0.717) is 17.5 Å². The largest absolute Gasteiger partial charge is 0.352 e. The van der Waals surface area contributed by atoms with Gasteiger partial charge in [-0.05, 0) is 36.2 Å². The number of rotatable bonds is 6. The highest BCUT2D eigenvalue weighted by molar-refractivity contribution is 7.92. The van der Waals surface area contributed by atoms with E-state index in [-0.39, 0.29) is 22.1 Å². The van der Waals surface area contributed by atoms with Crippen LogP contribution in [0.15, 0.2) is 53.4 Å². The van der Waals surface area contributed by atoms with E-state index in [1.807, 2.05) is 13.8 Å². The highest BCUT2D eigenvalue weighted by Gasteiger charge is 2.18. The van der Waals surface area contributed by atoms with Crippen molar-refractivity contribution < 1.29 is 13.2 Å². The summed E-state index contributed by atoms with van der Waals surface area (Å²) in [5, 5.41) is 3.10. The molecule has 2 aromatic carbocycles. The fraction of sp³-hybridized carbons (Fsp3) is 0.235. The summed E-state index contributed by atoms with van der Waals surface area (Å²) in [5.74, 6) is -0.0302. The lowest BCUT2D eigenvalue weighted by molar-refractivity contribution is 0.0950. The molecule has 2 aromatic rings. The molecular weight excluding hydrogens is 348 g/mol. The van der Waals surface area contributed by atoms with Gasteiger partial charge in [0.2, 0.25) is 0 Å². The minimum atomic E-state index is -3.84. The minimum Gasteiger partial charge on any atom is -0.352 e. The number of sulfonamides is 1. The van der Waals surface area contributed by atoms with Crippen LogP contribution >= 0.6 is 11.6 Å². The summed E-state index contributed by atoms with van der Waals surface area (Å²) in [4.78, 5) is 12.3. The number of hydrogen-bond donors (Lipinski definition) is 2. The van der Waals surface area contributed by atoms with E-state index in [1.54, 1.807) is 36.4 Å². The van der Waals surface area contributed by atoms with Crippen LogP contribution in [0, 0.1) is 5.92 Å². The summed E-state index contributed by atoms with van der Waals surface area (Å²) in [5.41, 5.74) is 0.488. The number of nitrogens with one attached hydrogen (secondary N) is 2. The lowest BCUT2D eigenvalue weighted by Crippen LogP contribution is -2.28. The van der Waals surface area contributed by atoms with Gasteiger partial charge in [-0.1, -0.05) is 43.6 Å². The fourth-order valence-corrected chi connectivity index (χ4v) is 3.38. The highest BCUT2D eigenvalue weighted by atomic mass is 35.5. The molecule has 0 unspecified atom stereocenters. The summed E-state index contributed by atoms with van der Waals surface area (Å²) in [6.45, 7) is 4.47. The minimum absolute atomic E-state index is 0.0346. The van der Waals surface area contributed by atoms with Gasteiger partial charge in [0.15, 0.2) is 0 Å². The van der Waals surface area contributed by atoms with Gasteiger partial charge in [-0.3, -0.25) is 9.52 Å². The van der Waals surface area contributed by atoms with E-state index in [4.69, 9.17) is 11.6 Å². The monoisotopic (exact) mass is 366 g/mol. The SMILES string of the molecule is CC(C)CNC(=O)c1ccccc1NS(=O)(=O)c1cccc(Cl)c1. The third-order valence-electron chi connectivity index (χ3n) is 3.19. The van der Waals surface area contributed by atoms with Crippen LogP contribution in [0.4, 0.5) is 5.69 Å². The van der Waals surface area contributed by atoms with Crippen LogP contribution in [0.5, 0.6) is 0 Å². The van der Waals surface area contributed by atoms with Crippen molar-refractivity contribution in [1.29, 1.82) is 0 Å². The molecule has 0 saturated heterocycles. The predicted octanol–water partition coefficient (Wildman–Crippen LogP) is 3.53. The Morgan fingerprint density at radius 3 is 2.50 bits per heavy atom. The summed E-state index contributed by atoms with van der Waals surface area (Å²) < 4.78 is 27.4. The van der Waals surface area contributed by atoms with Gasteiger partial charge in [0.1, 0.15) is 0 Å². The van der Waals surface area contributed by atoms with Crippen molar-refractivity contribution >= 4 is 33.2 Å². The molecule has 24 heavy (non-hydrogen) atoms. The van der Waals surface area contributed by atoms with Crippen molar-refractivity contribution in [2.45, 2.75) is 18.7 Å². The van der Waals surface area contributed by atoms with Crippen molar-refractivity contribution in [2.75, 3.05) is 11.3 Å². The van der Waals surface area contributed by atoms with Gasteiger partial charge < -0.3 is 5.32 Å². The second-order valence-corrected chi connectivity index (χ2v) is 7.83. The van der Waals surface area contributed by atoms with Crippen molar-refractivity contribution in [3.05, 3.63) is 59.1 Å². The quantitative estimate of drug-likeness (QED) is 0.821. The molecule has 0 fully saturated rings. The van der Waals surface area contributed by atoms with E-state index < -0.39 is 10.0 Å². The first-order chi connectivity index (χ1) is 11.3. The average molecular weight is 367 g/mol. The Kier molecular flexibility index (Phi) is 5.85. The van der Waals surface area contributed by atoms with E-state index >= 15 is 0 Å². The van der Waals surface area contributed by atoms with Crippen molar-refractivity contribution in [3.8, 4) is 0 Å². The molecule has 0 heterocycles. The van der Waals surface area contributed by atoms with Gasteiger partial charge in [0.25, 0.3) is 15.9 Å². The van der Waals surface area contributed by atoms with Crippen LogP contribution < -0.4 is 10.0 Å².